The predicted octanol–water partition coefficient (Wildman–Crippen LogP) is 3.65. The summed E-state index contributed by atoms with van der Waals surface area (Å²) in [6.07, 6.45) is 2.54. The molecule has 0 radical (unpaired) electrons. The van der Waals surface area contributed by atoms with Crippen molar-refractivity contribution in [2.45, 2.75) is 25.8 Å². The van der Waals surface area contributed by atoms with Crippen molar-refractivity contribution in [2.75, 3.05) is 32.1 Å². The smallest absolute Gasteiger partial charge is 0.126 e. The molecule has 3 rings (SSSR count). The maximum Gasteiger partial charge on any atom is 0.126 e. The van der Waals surface area contributed by atoms with E-state index in [0.717, 1.165) is 36.9 Å². The Morgan fingerprint density at radius 1 is 1.13 bits per heavy atom. The number of methoxy groups -OCH3 is 1. The molecule has 1 unspecified atom stereocenters. The van der Waals surface area contributed by atoms with Crippen molar-refractivity contribution in [2.24, 2.45) is 0 Å². The highest BCUT2D eigenvalue weighted by Crippen LogP contribution is 2.31. The van der Waals surface area contributed by atoms with Crippen molar-refractivity contribution < 1.29 is 4.74 Å². The third-order valence-electron chi connectivity index (χ3n) is 4.44. The Hall–Kier alpha value is -2.07. The first-order valence-corrected chi connectivity index (χ1v) is 8.32. The van der Waals surface area contributed by atoms with Gasteiger partial charge in [0, 0.05) is 17.8 Å². The highest BCUT2D eigenvalue weighted by Gasteiger charge is 2.25. The fourth-order valence-electron chi connectivity index (χ4n) is 3.27. The molecule has 2 heterocycles. The van der Waals surface area contributed by atoms with E-state index in [9.17, 15) is 0 Å². The SMILES string of the molecule is COc1ccccc1C(CNc1cccc(C)n1)N1CCCC1. The van der Waals surface area contributed by atoms with Crippen LogP contribution < -0.4 is 10.1 Å². The molecule has 0 aliphatic carbocycles. The summed E-state index contributed by atoms with van der Waals surface area (Å²) in [5, 5.41) is 3.50. The fourth-order valence-corrected chi connectivity index (χ4v) is 3.27. The highest BCUT2D eigenvalue weighted by molar-refractivity contribution is 5.40. The van der Waals surface area contributed by atoms with Crippen LogP contribution in [-0.4, -0.2) is 36.6 Å². The van der Waals surface area contributed by atoms with Crippen LogP contribution in [0.15, 0.2) is 42.5 Å². The summed E-state index contributed by atoms with van der Waals surface area (Å²) in [4.78, 5) is 7.09. The summed E-state index contributed by atoms with van der Waals surface area (Å²) in [7, 11) is 1.75. The predicted molar refractivity (Wildman–Crippen MR) is 94.0 cm³/mol. The largest absolute Gasteiger partial charge is 0.496 e. The monoisotopic (exact) mass is 311 g/mol. The third-order valence-corrected chi connectivity index (χ3v) is 4.44. The summed E-state index contributed by atoms with van der Waals surface area (Å²) in [6.45, 7) is 5.14. The van der Waals surface area contributed by atoms with Crippen LogP contribution in [0.4, 0.5) is 5.82 Å². The molecular formula is C19H25N3O. The van der Waals surface area contributed by atoms with Gasteiger partial charge in [0.05, 0.1) is 13.2 Å². The molecule has 1 aromatic carbocycles. The van der Waals surface area contributed by atoms with Gasteiger partial charge >= 0.3 is 0 Å². The topological polar surface area (TPSA) is 37.4 Å². The van der Waals surface area contributed by atoms with Gasteiger partial charge in [0.15, 0.2) is 0 Å². The molecule has 1 N–H and O–H groups in total. The molecule has 0 bridgehead atoms. The minimum atomic E-state index is 0.302. The first-order chi connectivity index (χ1) is 11.3. The van der Waals surface area contributed by atoms with Crippen molar-refractivity contribution in [3.63, 3.8) is 0 Å². The summed E-state index contributed by atoms with van der Waals surface area (Å²) in [6, 6.07) is 14.7. The van der Waals surface area contributed by atoms with Crippen molar-refractivity contribution in [1.82, 2.24) is 9.88 Å². The maximum atomic E-state index is 5.59. The number of likely N-dealkylation sites (tertiary alicyclic amines) is 1. The fraction of sp³-hybridized carbons (Fsp3) is 0.421. The zero-order valence-corrected chi connectivity index (χ0v) is 14.0. The lowest BCUT2D eigenvalue weighted by molar-refractivity contribution is 0.249. The van der Waals surface area contributed by atoms with E-state index in [1.165, 1.54) is 18.4 Å². The Labute approximate surface area is 138 Å². The van der Waals surface area contributed by atoms with Gasteiger partial charge in [0.2, 0.25) is 0 Å². The quantitative estimate of drug-likeness (QED) is 0.883. The number of hydrogen-bond acceptors (Lipinski definition) is 4. The van der Waals surface area contributed by atoms with Gasteiger partial charge < -0.3 is 10.1 Å². The first kappa shape index (κ1) is 15.8. The van der Waals surface area contributed by atoms with E-state index >= 15 is 0 Å². The van der Waals surface area contributed by atoms with E-state index in [0.29, 0.717) is 6.04 Å². The van der Waals surface area contributed by atoms with E-state index in [1.54, 1.807) is 7.11 Å². The second kappa shape index (κ2) is 7.47. The van der Waals surface area contributed by atoms with Crippen LogP contribution in [0.5, 0.6) is 5.75 Å². The summed E-state index contributed by atoms with van der Waals surface area (Å²) in [5.41, 5.74) is 2.28. The lowest BCUT2D eigenvalue weighted by Gasteiger charge is -2.29. The van der Waals surface area contributed by atoms with Crippen LogP contribution in [0.2, 0.25) is 0 Å². The average molecular weight is 311 g/mol. The summed E-state index contributed by atoms with van der Waals surface area (Å²) < 4.78 is 5.59. The summed E-state index contributed by atoms with van der Waals surface area (Å²) >= 11 is 0. The van der Waals surface area contributed by atoms with Crippen molar-refractivity contribution >= 4 is 5.82 Å². The molecule has 1 saturated heterocycles. The standard InChI is InChI=1S/C19H25N3O/c1-15-8-7-11-19(21-15)20-14-17(22-12-5-6-13-22)16-9-3-4-10-18(16)23-2/h3-4,7-11,17H,5-6,12-14H2,1-2H3,(H,20,21). The van der Waals surface area contributed by atoms with Gasteiger partial charge in [0.25, 0.3) is 0 Å². The van der Waals surface area contributed by atoms with Crippen LogP contribution in [-0.2, 0) is 0 Å². The normalized spacial score (nSPS) is 16.3. The zero-order chi connectivity index (χ0) is 16.1. The van der Waals surface area contributed by atoms with E-state index in [4.69, 9.17) is 4.74 Å². The molecule has 1 aliphatic heterocycles. The third kappa shape index (κ3) is 3.82. The lowest BCUT2D eigenvalue weighted by Crippen LogP contribution is -2.31. The number of hydrogen-bond donors (Lipinski definition) is 1. The number of nitrogens with zero attached hydrogens (tertiary/aromatic N) is 2. The van der Waals surface area contributed by atoms with E-state index in [2.05, 4.69) is 27.3 Å². The Morgan fingerprint density at radius 3 is 2.65 bits per heavy atom. The van der Waals surface area contributed by atoms with Gasteiger partial charge in [-0.25, -0.2) is 4.98 Å². The molecule has 122 valence electrons. The number of rotatable bonds is 6. The molecular weight excluding hydrogens is 286 g/mol. The number of benzene rings is 1. The number of para-hydroxylation sites is 1. The Bertz CT molecular complexity index is 638. The number of pyridine rings is 1. The van der Waals surface area contributed by atoms with E-state index in [1.807, 2.05) is 37.3 Å². The number of ether oxygens (including phenoxy) is 1. The highest BCUT2D eigenvalue weighted by atomic mass is 16.5. The van der Waals surface area contributed by atoms with Crippen LogP contribution in [0.3, 0.4) is 0 Å². The van der Waals surface area contributed by atoms with Gasteiger partial charge in [0.1, 0.15) is 11.6 Å². The van der Waals surface area contributed by atoms with Crippen molar-refractivity contribution in [3.05, 3.63) is 53.7 Å². The van der Waals surface area contributed by atoms with Gasteiger partial charge in [-0.15, -0.1) is 0 Å². The Kier molecular flexibility index (Phi) is 5.13. The molecule has 0 spiro atoms. The number of aromatic nitrogens is 1. The van der Waals surface area contributed by atoms with Crippen LogP contribution in [0.1, 0.15) is 30.1 Å². The zero-order valence-electron chi connectivity index (χ0n) is 14.0. The minimum Gasteiger partial charge on any atom is -0.496 e. The molecule has 1 aromatic heterocycles. The molecule has 2 aromatic rings. The molecule has 0 amide bonds. The van der Waals surface area contributed by atoms with Gasteiger partial charge in [-0.1, -0.05) is 24.3 Å². The second-order valence-corrected chi connectivity index (χ2v) is 6.05. The van der Waals surface area contributed by atoms with Crippen LogP contribution >= 0.6 is 0 Å². The molecule has 0 saturated carbocycles. The van der Waals surface area contributed by atoms with Crippen molar-refractivity contribution in [3.8, 4) is 5.75 Å². The molecule has 23 heavy (non-hydrogen) atoms. The average Bonchev–Trinajstić information content (AvgIpc) is 3.10. The second-order valence-electron chi connectivity index (χ2n) is 6.05. The lowest BCUT2D eigenvalue weighted by atomic mass is 10.0. The number of aryl methyl sites for hydroxylation is 1. The number of anilines is 1. The van der Waals surface area contributed by atoms with Crippen LogP contribution in [0.25, 0.3) is 0 Å². The van der Waals surface area contributed by atoms with E-state index < -0.39 is 0 Å². The molecule has 1 fully saturated rings. The molecule has 1 atom stereocenters. The molecule has 1 aliphatic rings. The molecule has 4 heteroatoms. The minimum absolute atomic E-state index is 0.302. The first-order valence-electron chi connectivity index (χ1n) is 8.32. The van der Waals surface area contributed by atoms with Gasteiger partial charge in [-0.05, 0) is 51.1 Å². The van der Waals surface area contributed by atoms with E-state index in [-0.39, 0.29) is 0 Å². The summed E-state index contributed by atoms with van der Waals surface area (Å²) in [5.74, 6) is 1.90. The number of nitrogens with one attached hydrogen (secondary N) is 1. The van der Waals surface area contributed by atoms with Crippen molar-refractivity contribution in [1.29, 1.82) is 0 Å². The molecule has 4 nitrogen and oxygen atoms in total. The Morgan fingerprint density at radius 2 is 1.91 bits per heavy atom. The van der Waals surface area contributed by atoms with Crippen LogP contribution in [0, 0.1) is 6.92 Å². The van der Waals surface area contributed by atoms with Gasteiger partial charge in [-0.3, -0.25) is 4.90 Å². The Balaban J connectivity index is 1.81. The van der Waals surface area contributed by atoms with Gasteiger partial charge in [-0.2, -0.15) is 0 Å². The maximum absolute atomic E-state index is 5.59.